The average molecular weight is 350 g/mol. The molecular formula is C13H11BrCl2S. The fourth-order valence-electron chi connectivity index (χ4n) is 1.71. The van der Waals surface area contributed by atoms with Crippen LogP contribution in [0.1, 0.15) is 27.8 Å². The maximum atomic E-state index is 6.23. The zero-order chi connectivity index (χ0) is 12.4. The predicted octanol–water partition coefficient (Wildman–Crippen LogP) is 6.10. The molecule has 2 aromatic rings. The number of benzene rings is 1. The number of alkyl halides is 1. The molecule has 1 aromatic heterocycles. The first kappa shape index (κ1) is 13.4. The van der Waals surface area contributed by atoms with E-state index in [1.807, 2.05) is 12.1 Å². The van der Waals surface area contributed by atoms with E-state index in [0.29, 0.717) is 10.0 Å². The van der Waals surface area contributed by atoms with Crippen LogP contribution in [0.3, 0.4) is 0 Å². The Morgan fingerprint density at radius 1 is 1.29 bits per heavy atom. The Morgan fingerprint density at radius 3 is 2.71 bits per heavy atom. The number of halogens is 3. The zero-order valence-electron chi connectivity index (χ0n) is 9.21. The molecule has 0 N–H and O–H groups in total. The molecule has 1 aromatic carbocycles. The van der Waals surface area contributed by atoms with Crippen LogP contribution in [0.2, 0.25) is 10.0 Å². The van der Waals surface area contributed by atoms with Gasteiger partial charge in [0.15, 0.2) is 0 Å². The molecule has 0 aliphatic rings. The molecule has 0 saturated heterocycles. The molecule has 0 saturated carbocycles. The second-order valence-electron chi connectivity index (χ2n) is 3.69. The van der Waals surface area contributed by atoms with E-state index in [9.17, 15) is 0 Å². The second kappa shape index (κ2) is 5.75. The standard InChI is InChI=1S/C13H11BrCl2S/c1-2-8-5-6-17-13(8)12(14)10-4-3-9(15)7-11(10)16/h3-7,12H,2H2,1H3. The van der Waals surface area contributed by atoms with Gasteiger partial charge in [-0.1, -0.05) is 52.1 Å². The highest BCUT2D eigenvalue weighted by molar-refractivity contribution is 9.09. The van der Waals surface area contributed by atoms with Gasteiger partial charge in [0.2, 0.25) is 0 Å². The lowest BCUT2D eigenvalue weighted by molar-refractivity contribution is 1.09. The Labute approximate surface area is 124 Å². The van der Waals surface area contributed by atoms with Crippen molar-refractivity contribution in [1.29, 1.82) is 0 Å². The van der Waals surface area contributed by atoms with Gasteiger partial charge in [-0.25, -0.2) is 0 Å². The third kappa shape index (κ3) is 2.87. The van der Waals surface area contributed by atoms with Gasteiger partial charge in [-0.05, 0) is 41.1 Å². The van der Waals surface area contributed by atoms with Crippen LogP contribution in [-0.4, -0.2) is 0 Å². The molecule has 2 rings (SSSR count). The van der Waals surface area contributed by atoms with E-state index in [1.54, 1.807) is 17.4 Å². The average Bonchev–Trinajstić information content (AvgIpc) is 2.76. The third-order valence-electron chi connectivity index (χ3n) is 2.63. The second-order valence-corrected chi connectivity index (χ2v) is 6.40. The Balaban J connectivity index is 2.40. The summed E-state index contributed by atoms with van der Waals surface area (Å²) in [6.07, 6.45) is 1.03. The smallest absolute Gasteiger partial charge is 0.0755 e. The molecule has 0 aliphatic carbocycles. The molecule has 1 unspecified atom stereocenters. The SMILES string of the molecule is CCc1ccsc1C(Br)c1ccc(Cl)cc1Cl. The van der Waals surface area contributed by atoms with Crippen LogP contribution in [0.15, 0.2) is 29.6 Å². The molecule has 0 bridgehead atoms. The van der Waals surface area contributed by atoms with Gasteiger partial charge < -0.3 is 0 Å². The van der Waals surface area contributed by atoms with Crippen molar-refractivity contribution < 1.29 is 0 Å². The first-order valence-electron chi connectivity index (χ1n) is 5.28. The van der Waals surface area contributed by atoms with Gasteiger partial charge >= 0.3 is 0 Å². The lowest BCUT2D eigenvalue weighted by Gasteiger charge is -2.12. The van der Waals surface area contributed by atoms with E-state index in [1.165, 1.54) is 10.4 Å². The van der Waals surface area contributed by atoms with Gasteiger partial charge in [-0.2, -0.15) is 0 Å². The number of thiophene rings is 1. The third-order valence-corrected chi connectivity index (χ3v) is 5.47. The first-order chi connectivity index (χ1) is 8.13. The number of hydrogen-bond acceptors (Lipinski definition) is 1. The molecule has 0 nitrogen and oxygen atoms in total. The lowest BCUT2D eigenvalue weighted by Crippen LogP contribution is -1.94. The van der Waals surface area contributed by atoms with Crippen LogP contribution in [0.5, 0.6) is 0 Å². The van der Waals surface area contributed by atoms with Crippen molar-refractivity contribution in [2.45, 2.75) is 18.2 Å². The molecule has 0 aliphatic heterocycles. The molecule has 0 spiro atoms. The van der Waals surface area contributed by atoms with Gasteiger partial charge in [-0.3, -0.25) is 0 Å². The van der Waals surface area contributed by atoms with E-state index in [0.717, 1.165) is 12.0 Å². The van der Waals surface area contributed by atoms with Crippen LogP contribution in [-0.2, 0) is 6.42 Å². The van der Waals surface area contributed by atoms with Crippen LogP contribution >= 0.6 is 50.5 Å². The Hall–Kier alpha value is -0.0200. The van der Waals surface area contributed by atoms with Crippen LogP contribution < -0.4 is 0 Å². The summed E-state index contributed by atoms with van der Waals surface area (Å²) in [5.74, 6) is 0. The predicted molar refractivity (Wildman–Crippen MR) is 80.9 cm³/mol. The van der Waals surface area contributed by atoms with Crippen LogP contribution in [0.25, 0.3) is 0 Å². The number of aryl methyl sites for hydroxylation is 1. The van der Waals surface area contributed by atoms with E-state index in [2.05, 4.69) is 34.3 Å². The highest BCUT2D eigenvalue weighted by Gasteiger charge is 2.17. The summed E-state index contributed by atoms with van der Waals surface area (Å²) in [4.78, 5) is 1.46. The molecule has 1 atom stereocenters. The van der Waals surface area contributed by atoms with Gasteiger partial charge in [0.1, 0.15) is 0 Å². The quantitative estimate of drug-likeness (QED) is 0.587. The Bertz CT molecular complexity index is 522. The molecule has 0 radical (unpaired) electrons. The van der Waals surface area contributed by atoms with E-state index < -0.39 is 0 Å². The molecule has 0 fully saturated rings. The van der Waals surface area contributed by atoms with Gasteiger partial charge in [-0.15, -0.1) is 11.3 Å². The van der Waals surface area contributed by atoms with Crippen molar-refractivity contribution in [2.24, 2.45) is 0 Å². The van der Waals surface area contributed by atoms with Crippen molar-refractivity contribution >= 4 is 50.5 Å². The molecule has 4 heteroatoms. The summed E-state index contributed by atoms with van der Waals surface area (Å²) in [5.41, 5.74) is 2.43. The number of hydrogen-bond donors (Lipinski definition) is 0. The Kier molecular flexibility index (Phi) is 4.53. The summed E-state index contributed by atoms with van der Waals surface area (Å²) in [6.45, 7) is 2.16. The maximum Gasteiger partial charge on any atom is 0.0755 e. The minimum absolute atomic E-state index is 0.141. The van der Waals surface area contributed by atoms with Crippen LogP contribution in [0.4, 0.5) is 0 Å². The minimum Gasteiger partial charge on any atom is -0.147 e. The molecule has 1 heterocycles. The monoisotopic (exact) mass is 348 g/mol. The molecule has 0 amide bonds. The van der Waals surface area contributed by atoms with Crippen molar-refractivity contribution in [1.82, 2.24) is 0 Å². The zero-order valence-corrected chi connectivity index (χ0v) is 13.1. The van der Waals surface area contributed by atoms with Gasteiger partial charge in [0, 0.05) is 14.9 Å². The summed E-state index contributed by atoms with van der Waals surface area (Å²) in [6, 6.07) is 7.80. The molecule has 90 valence electrons. The summed E-state index contributed by atoms with van der Waals surface area (Å²) in [5, 5.41) is 3.49. The minimum atomic E-state index is 0.141. The van der Waals surface area contributed by atoms with Crippen LogP contribution in [0, 0.1) is 0 Å². The molecule has 17 heavy (non-hydrogen) atoms. The lowest BCUT2D eigenvalue weighted by atomic mass is 10.1. The molecular weight excluding hydrogens is 339 g/mol. The first-order valence-corrected chi connectivity index (χ1v) is 7.84. The van der Waals surface area contributed by atoms with Crippen molar-refractivity contribution in [3.8, 4) is 0 Å². The van der Waals surface area contributed by atoms with Gasteiger partial charge in [0.25, 0.3) is 0 Å². The highest BCUT2D eigenvalue weighted by atomic mass is 79.9. The fourth-order valence-corrected chi connectivity index (χ4v) is 4.37. The topological polar surface area (TPSA) is 0 Å². The summed E-state index contributed by atoms with van der Waals surface area (Å²) in [7, 11) is 0. The van der Waals surface area contributed by atoms with E-state index >= 15 is 0 Å². The highest BCUT2D eigenvalue weighted by Crippen LogP contribution is 2.40. The van der Waals surface area contributed by atoms with E-state index in [-0.39, 0.29) is 4.83 Å². The normalized spacial score (nSPS) is 12.7. The fraction of sp³-hybridized carbons (Fsp3) is 0.231. The summed E-state index contributed by atoms with van der Waals surface area (Å²) >= 11 is 17.6. The van der Waals surface area contributed by atoms with E-state index in [4.69, 9.17) is 23.2 Å². The Morgan fingerprint density at radius 2 is 2.06 bits per heavy atom. The maximum absolute atomic E-state index is 6.23. The summed E-state index contributed by atoms with van der Waals surface area (Å²) < 4.78 is 0. The van der Waals surface area contributed by atoms with Crippen molar-refractivity contribution in [2.75, 3.05) is 0 Å². The van der Waals surface area contributed by atoms with Crippen molar-refractivity contribution in [3.05, 3.63) is 55.7 Å². The largest absolute Gasteiger partial charge is 0.147 e. The van der Waals surface area contributed by atoms with Gasteiger partial charge in [0.05, 0.1) is 4.83 Å². The van der Waals surface area contributed by atoms with Crippen molar-refractivity contribution in [3.63, 3.8) is 0 Å². The number of rotatable bonds is 3.